The molecule has 6 aromatic rings. The fourth-order valence-electron chi connectivity index (χ4n) is 7.40. The number of aromatic nitrogens is 4. The van der Waals surface area contributed by atoms with Gasteiger partial charge in [-0.25, -0.2) is 9.50 Å². The van der Waals surface area contributed by atoms with E-state index < -0.39 is 29.5 Å². The number of hydrogen-bond donors (Lipinski definition) is 1. The number of rotatable bonds is 8. The first-order valence-corrected chi connectivity index (χ1v) is 17.5. The molecule has 13 heteroatoms. The lowest BCUT2D eigenvalue weighted by molar-refractivity contribution is -0.138. The Morgan fingerprint density at radius 3 is 2.45 bits per heavy atom. The van der Waals surface area contributed by atoms with Crippen molar-refractivity contribution in [3.8, 4) is 5.69 Å². The fraction of sp³-hybridized carbons (Fsp3) is 0.225. The van der Waals surface area contributed by atoms with Gasteiger partial charge in [0.1, 0.15) is 5.56 Å². The number of para-hydroxylation sites is 1. The van der Waals surface area contributed by atoms with E-state index in [0.29, 0.717) is 44.4 Å². The SMILES string of the molecule is C[C@H](c1nn2ccc(/C=C/c3cc4c(c(C(F)(F)F)c3)C(=O)N([C@@H](C)C3CC3)C4)nc2c1C(N)=O)c1cc2cccc(Cl)c2c(=O)n1-c1ccccc1. The van der Waals surface area contributed by atoms with Gasteiger partial charge in [0.15, 0.2) is 5.65 Å². The number of halogens is 4. The van der Waals surface area contributed by atoms with Crippen LogP contribution < -0.4 is 11.3 Å². The van der Waals surface area contributed by atoms with Crippen molar-refractivity contribution in [3.63, 3.8) is 0 Å². The summed E-state index contributed by atoms with van der Waals surface area (Å²) < 4.78 is 45.8. The number of nitrogens with two attached hydrogens (primary N) is 1. The van der Waals surface area contributed by atoms with Crippen molar-refractivity contribution in [2.45, 2.75) is 51.4 Å². The van der Waals surface area contributed by atoms with Crippen LogP contribution in [0.5, 0.6) is 0 Å². The van der Waals surface area contributed by atoms with Crippen LogP contribution in [0.3, 0.4) is 0 Å². The molecule has 1 aliphatic carbocycles. The summed E-state index contributed by atoms with van der Waals surface area (Å²) in [5.41, 5.74) is 6.82. The zero-order valence-corrected chi connectivity index (χ0v) is 29.3. The van der Waals surface area contributed by atoms with E-state index in [-0.39, 0.29) is 46.2 Å². The summed E-state index contributed by atoms with van der Waals surface area (Å²) >= 11 is 6.49. The Labute approximate surface area is 306 Å². The monoisotopic (exact) mass is 736 g/mol. The molecule has 53 heavy (non-hydrogen) atoms. The lowest BCUT2D eigenvalue weighted by Crippen LogP contribution is -2.35. The summed E-state index contributed by atoms with van der Waals surface area (Å²) in [4.78, 5) is 46.5. The van der Waals surface area contributed by atoms with Crippen LogP contribution in [0.1, 0.15) is 87.1 Å². The molecule has 2 atom stereocenters. The highest BCUT2D eigenvalue weighted by Crippen LogP contribution is 2.42. The largest absolute Gasteiger partial charge is 0.417 e. The number of amides is 2. The molecule has 2 aliphatic rings. The van der Waals surface area contributed by atoms with Crippen molar-refractivity contribution in [2.75, 3.05) is 0 Å². The van der Waals surface area contributed by atoms with Gasteiger partial charge in [0.25, 0.3) is 17.4 Å². The van der Waals surface area contributed by atoms with Crippen molar-refractivity contribution in [1.29, 1.82) is 0 Å². The second-order valence-electron chi connectivity index (χ2n) is 13.7. The molecule has 1 aliphatic heterocycles. The van der Waals surface area contributed by atoms with E-state index in [1.807, 2.05) is 38.1 Å². The molecule has 3 aromatic carbocycles. The number of nitrogens with zero attached hydrogens (tertiary/aromatic N) is 5. The molecule has 2 N–H and O–H groups in total. The molecule has 1 saturated carbocycles. The highest BCUT2D eigenvalue weighted by atomic mass is 35.5. The van der Waals surface area contributed by atoms with Gasteiger partial charge in [-0.3, -0.25) is 19.0 Å². The molecule has 0 saturated heterocycles. The highest BCUT2D eigenvalue weighted by Gasteiger charge is 2.44. The first-order valence-electron chi connectivity index (χ1n) is 17.1. The summed E-state index contributed by atoms with van der Waals surface area (Å²) in [6, 6.07) is 20.1. The maximum atomic E-state index is 14.3. The number of alkyl halides is 3. The molecule has 2 amide bonds. The number of carbonyl (C=O) groups excluding carboxylic acids is 2. The summed E-state index contributed by atoms with van der Waals surface area (Å²) in [5, 5.41) is 5.95. The average Bonchev–Trinajstić information content (AvgIpc) is 3.83. The Morgan fingerprint density at radius 2 is 1.75 bits per heavy atom. The maximum absolute atomic E-state index is 14.3. The minimum Gasteiger partial charge on any atom is -0.365 e. The Bertz CT molecular complexity index is 2580. The third kappa shape index (κ3) is 5.96. The van der Waals surface area contributed by atoms with Crippen LogP contribution in [-0.2, 0) is 12.7 Å². The normalized spacial score (nSPS) is 15.8. The summed E-state index contributed by atoms with van der Waals surface area (Å²) in [7, 11) is 0. The molecule has 268 valence electrons. The first kappa shape index (κ1) is 34.3. The topological polar surface area (TPSA) is 116 Å². The van der Waals surface area contributed by atoms with Crippen molar-refractivity contribution < 1.29 is 22.8 Å². The van der Waals surface area contributed by atoms with E-state index in [0.717, 1.165) is 18.9 Å². The molecular weight excluding hydrogens is 705 g/mol. The maximum Gasteiger partial charge on any atom is 0.417 e. The zero-order valence-electron chi connectivity index (χ0n) is 28.6. The van der Waals surface area contributed by atoms with Gasteiger partial charge in [-0.05, 0) is 90.7 Å². The average molecular weight is 737 g/mol. The van der Waals surface area contributed by atoms with Crippen LogP contribution in [0.4, 0.5) is 13.2 Å². The van der Waals surface area contributed by atoms with E-state index in [1.54, 1.807) is 53.2 Å². The van der Waals surface area contributed by atoms with Gasteiger partial charge < -0.3 is 10.6 Å². The third-order valence-corrected chi connectivity index (χ3v) is 10.6. The van der Waals surface area contributed by atoms with Crippen molar-refractivity contribution >= 4 is 52.0 Å². The van der Waals surface area contributed by atoms with Gasteiger partial charge in [0.05, 0.1) is 32.9 Å². The van der Waals surface area contributed by atoms with Gasteiger partial charge in [-0.2, -0.15) is 18.3 Å². The molecule has 8 rings (SSSR count). The number of pyridine rings is 1. The van der Waals surface area contributed by atoms with E-state index >= 15 is 0 Å². The second kappa shape index (κ2) is 12.7. The predicted molar refractivity (Wildman–Crippen MR) is 196 cm³/mol. The van der Waals surface area contributed by atoms with Gasteiger partial charge in [-0.1, -0.05) is 54.9 Å². The molecule has 3 aromatic heterocycles. The molecule has 0 radical (unpaired) electrons. The van der Waals surface area contributed by atoms with Crippen molar-refractivity contribution in [3.05, 3.63) is 139 Å². The van der Waals surface area contributed by atoms with Crippen LogP contribution in [0.2, 0.25) is 5.02 Å². The van der Waals surface area contributed by atoms with Crippen LogP contribution in [-0.4, -0.2) is 41.9 Å². The van der Waals surface area contributed by atoms with Gasteiger partial charge in [0.2, 0.25) is 0 Å². The van der Waals surface area contributed by atoms with E-state index in [1.165, 1.54) is 21.6 Å². The minimum atomic E-state index is -4.73. The quantitative estimate of drug-likeness (QED) is 0.171. The smallest absolute Gasteiger partial charge is 0.365 e. The summed E-state index contributed by atoms with van der Waals surface area (Å²) in [5.74, 6) is -1.73. The number of primary amides is 1. The number of hydrogen-bond acceptors (Lipinski definition) is 5. The zero-order chi connectivity index (χ0) is 37.3. The molecule has 0 bridgehead atoms. The van der Waals surface area contributed by atoms with Crippen LogP contribution >= 0.6 is 11.6 Å². The Balaban J connectivity index is 1.19. The summed E-state index contributed by atoms with van der Waals surface area (Å²) in [6.45, 7) is 3.81. The standard InChI is InChI=1S/C40H32ClF3N6O3/c1-21(31-19-25-7-6-10-30(41)33(25)39(53)50(31)28-8-4-3-5-9-28)35-34(36(45)51)37-46-27(15-16-49(37)47-35)14-11-23-17-26-20-48(22(2)24-12-13-24)38(52)32(26)29(18-23)40(42,43)44/h3-11,14-19,21-22,24H,12-13,20H2,1-2H3,(H2,45,51)/b14-11+/t21-,22-/m0/s1. The second-order valence-corrected chi connectivity index (χ2v) is 14.1. The molecule has 4 heterocycles. The molecule has 9 nitrogen and oxygen atoms in total. The lowest BCUT2D eigenvalue weighted by Gasteiger charge is -2.24. The Hall–Kier alpha value is -5.75. The predicted octanol–water partition coefficient (Wildman–Crippen LogP) is 7.88. The molecule has 1 fully saturated rings. The van der Waals surface area contributed by atoms with Crippen LogP contribution in [0, 0.1) is 5.92 Å². The Kier molecular flexibility index (Phi) is 8.25. The first-order chi connectivity index (χ1) is 25.3. The van der Waals surface area contributed by atoms with Gasteiger partial charge in [0, 0.05) is 36.1 Å². The minimum absolute atomic E-state index is 0.0336. The van der Waals surface area contributed by atoms with E-state index in [4.69, 9.17) is 17.3 Å². The molecular formula is C40H32ClF3N6O3. The van der Waals surface area contributed by atoms with Crippen LogP contribution in [0.15, 0.2) is 83.8 Å². The van der Waals surface area contributed by atoms with Crippen molar-refractivity contribution in [2.24, 2.45) is 11.7 Å². The van der Waals surface area contributed by atoms with E-state index in [9.17, 15) is 27.6 Å². The van der Waals surface area contributed by atoms with E-state index in [2.05, 4.69) is 10.1 Å². The highest BCUT2D eigenvalue weighted by molar-refractivity contribution is 6.35. The lowest BCUT2D eigenvalue weighted by atomic mass is 9.96. The van der Waals surface area contributed by atoms with Crippen LogP contribution in [0.25, 0.3) is 34.3 Å². The summed E-state index contributed by atoms with van der Waals surface area (Å²) in [6.07, 6.45) is 1.79. The fourth-order valence-corrected chi connectivity index (χ4v) is 7.66. The molecule has 0 spiro atoms. The third-order valence-electron chi connectivity index (χ3n) is 10.3. The van der Waals surface area contributed by atoms with Gasteiger partial charge >= 0.3 is 6.18 Å². The number of fused-ring (bicyclic) bond motifs is 3. The number of benzene rings is 3. The Morgan fingerprint density at radius 1 is 1.00 bits per heavy atom. The number of carbonyl (C=O) groups is 2. The molecule has 0 unspecified atom stereocenters. The van der Waals surface area contributed by atoms with Gasteiger partial charge in [-0.15, -0.1) is 0 Å². The van der Waals surface area contributed by atoms with Crippen molar-refractivity contribution in [1.82, 2.24) is 24.1 Å².